The summed E-state index contributed by atoms with van der Waals surface area (Å²) in [7, 11) is 0. The Morgan fingerprint density at radius 2 is 2.16 bits per heavy atom. The molecule has 0 bridgehead atoms. The molecule has 0 aromatic carbocycles. The molecule has 2 heterocycles. The van der Waals surface area contributed by atoms with E-state index in [1.807, 2.05) is 33.1 Å². The molecule has 2 rings (SSSR count). The maximum absolute atomic E-state index is 12.4. The highest BCUT2D eigenvalue weighted by Crippen LogP contribution is 2.22. The first kappa shape index (κ1) is 19.2. The first-order valence-electron chi connectivity index (χ1n) is 8.13. The van der Waals surface area contributed by atoms with Gasteiger partial charge in [-0.05, 0) is 30.6 Å². The SMILES string of the molecule is CSCCC(NC(=O)C(C)(C)C)c1cc(=O)[nH]c(-c2cccnc2)n1. The van der Waals surface area contributed by atoms with Gasteiger partial charge in [0.1, 0.15) is 5.82 Å². The number of aromatic amines is 1. The first-order chi connectivity index (χ1) is 11.8. The van der Waals surface area contributed by atoms with Crippen LogP contribution in [0.25, 0.3) is 11.4 Å². The lowest BCUT2D eigenvalue weighted by molar-refractivity contribution is -0.129. The Kier molecular flexibility index (Phi) is 6.36. The number of hydrogen-bond acceptors (Lipinski definition) is 5. The molecular formula is C18H24N4O2S. The van der Waals surface area contributed by atoms with Gasteiger partial charge in [0.05, 0.1) is 11.7 Å². The third kappa shape index (κ3) is 5.42. The number of thioether (sulfide) groups is 1. The van der Waals surface area contributed by atoms with Crippen LogP contribution in [0.1, 0.15) is 38.9 Å². The number of carbonyl (C=O) groups excluding carboxylic acids is 1. The Labute approximate surface area is 151 Å². The molecule has 0 saturated heterocycles. The number of rotatable bonds is 6. The van der Waals surface area contributed by atoms with E-state index in [9.17, 15) is 9.59 Å². The van der Waals surface area contributed by atoms with Crippen LogP contribution in [0.3, 0.4) is 0 Å². The summed E-state index contributed by atoms with van der Waals surface area (Å²) < 4.78 is 0. The van der Waals surface area contributed by atoms with Crippen LogP contribution < -0.4 is 10.9 Å². The summed E-state index contributed by atoms with van der Waals surface area (Å²) in [5.74, 6) is 1.24. The quantitative estimate of drug-likeness (QED) is 0.827. The zero-order valence-corrected chi connectivity index (χ0v) is 15.8. The molecular weight excluding hydrogens is 336 g/mol. The van der Waals surface area contributed by atoms with Gasteiger partial charge in [0, 0.05) is 29.4 Å². The molecule has 25 heavy (non-hydrogen) atoms. The summed E-state index contributed by atoms with van der Waals surface area (Å²) >= 11 is 1.69. The van der Waals surface area contributed by atoms with Crippen LogP contribution in [-0.2, 0) is 4.79 Å². The number of carbonyl (C=O) groups is 1. The molecule has 2 aromatic rings. The Bertz CT molecular complexity index is 769. The first-order valence-corrected chi connectivity index (χ1v) is 9.52. The van der Waals surface area contributed by atoms with Crippen molar-refractivity contribution in [2.45, 2.75) is 33.2 Å². The van der Waals surface area contributed by atoms with Crippen molar-refractivity contribution in [3.8, 4) is 11.4 Å². The molecule has 0 aliphatic carbocycles. The van der Waals surface area contributed by atoms with Gasteiger partial charge < -0.3 is 10.3 Å². The molecule has 1 unspecified atom stereocenters. The predicted octanol–water partition coefficient (Wildman–Crippen LogP) is 2.79. The van der Waals surface area contributed by atoms with Crippen LogP contribution in [0.15, 0.2) is 35.4 Å². The molecule has 6 nitrogen and oxygen atoms in total. The number of nitrogens with zero attached hydrogens (tertiary/aromatic N) is 2. The minimum absolute atomic E-state index is 0.0661. The van der Waals surface area contributed by atoms with E-state index in [-0.39, 0.29) is 17.5 Å². The predicted molar refractivity (Wildman–Crippen MR) is 101 cm³/mol. The lowest BCUT2D eigenvalue weighted by atomic mass is 9.94. The lowest BCUT2D eigenvalue weighted by Gasteiger charge is -2.24. The number of hydrogen-bond donors (Lipinski definition) is 2. The van der Waals surface area contributed by atoms with E-state index in [0.717, 1.165) is 11.3 Å². The Balaban J connectivity index is 2.38. The standard InChI is InChI=1S/C18H24N4O2S/c1-18(2,3)17(24)21-13(7-9-25-4)14-10-15(23)22-16(20-14)12-6-5-8-19-11-12/h5-6,8,10-11,13H,7,9H2,1-4H3,(H,21,24)(H,20,22,23). The van der Waals surface area contributed by atoms with Gasteiger partial charge >= 0.3 is 0 Å². The molecule has 2 aromatic heterocycles. The number of amides is 1. The van der Waals surface area contributed by atoms with Gasteiger partial charge in [-0.1, -0.05) is 20.8 Å². The van der Waals surface area contributed by atoms with Gasteiger partial charge in [-0.3, -0.25) is 14.6 Å². The zero-order valence-electron chi connectivity index (χ0n) is 15.0. The van der Waals surface area contributed by atoms with Crippen LogP contribution in [0.4, 0.5) is 0 Å². The summed E-state index contributed by atoms with van der Waals surface area (Å²) in [5, 5.41) is 3.03. The van der Waals surface area contributed by atoms with E-state index in [1.54, 1.807) is 30.2 Å². The van der Waals surface area contributed by atoms with Crippen molar-refractivity contribution >= 4 is 17.7 Å². The fourth-order valence-corrected chi connectivity index (χ4v) is 2.67. The maximum Gasteiger partial charge on any atom is 0.251 e. The number of nitrogens with one attached hydrogen (secondary N) is 2. The van der Waals surface area contributed by atoms with Gasteiger partial charge in [-0.2, -0.15) is 11.8 Å². The van der Waals surface area contributed by atoms with Crippen molar-refractivity contribution in [1.82, 2.24) is 20.3 Å². The molecule has 134 valence electrons. The van der Waals surface area contributed by atoms with E-state index in [4.69, 9.17) is 0 Å². The largest absolute Gasteiger partial charge is 0.347 e. The second-order valence-electron chi connectivity index (χ2n) is 6.82. The van der Waals surface area contributed by atoms with E-state index in [1.165, 1.54) is 6.07 Å². The fourth-order valence-electron chi connectivity index (χ4n) is 2.20. The number of H-pyrrole nitrogens is 1. The summed E-state index contributed by atoms with van der Waals surface area (Å²) in [6.45, 7) is 5.58. The third-order valence-electron chi connectivity index (χ3n) is 3.65. The molecule has 1 amide bonds. The average molecular weight is 360 g/mol. The Hall–Kier alpha value is -2.15. The van der Waals surface area contributed by atoms with Gasteiger partial charge in [0.2, 0.25) is 5.91 Å². The highest BCUT2D eigenvalue weighted by Gasteiger charge is 2.25. The molecule has 0 aliphatic rings. The molecule has 0 radical (unpaired) electrons. The van der Waals surface area contributed by atoms with E-state index in [0.29, 0.717) is 17.9 Å². The molecule has 7 heteroatoms. The number of pyridine rings is 1. The van der Waals surface area contributed by atoms with Gasteiger partial charge in [0.25, 0.3) is 5.56 Å². The molecule has 0 fully saturated rings. The van der Waals surface area contributed by atoms with E-state index in [2.05, 4.69) is 20.3 Å². The van der Waals surface area contributed by atoms with E-state index < -0.39 is 5.41 Å². The number of aromatic nitrogens is 3. The van der Waals surface area contributed by atoms with Crippen LogP contribution in [0.5, 0.6) is 0 Å². The molecule has 0 saturated carbocycles. The van der Waals surface area contributed by atoms with Gasteiger partial charge in [-0.15, -0.1) is 0 Å². The minimum Gasteiger partial charge on any atom is -0.347 e. The maximum atomic E-state index is 12.4. The van der Waals surface area contributed by atoms with Crippen LogP contribution in [0, 0.1) is 5.41 Å². The summed E-state index contributed by atoms with van der Waals surface area (Å²) in [6.07, 6.45) is 6.02. The van der Waals surface area contributed by atoms with Crippen molar-refractivity contribution in [2.75, 3.05) is 12.0 Å². The van der Waals surface area contributed by atoms with Crippen molar-refractivity contribution in [2.24, 2.45) is 5.41 Å². The monoisotopic (exact) mass is 360 g/mol. The molecule has 0 aliphatic heterocycles. The van der Waals surface area contributed by atoms with Crippen molar-refractivity contribution in [3.05, 3.63) is 46.6 Å². The van der Waals surface area contributed by atoms with Crippen molar-refractivity contribution in [1.29, 1.82) is 0 Å². The highest BCUT2D eigenvalue weighted by atomic mass is 32.2. The second kappa shape index (κ2) is 8.29. The van der Waals surface area contributed by atoms with Gasteiger partial charge in [0.15, 0.2) is 0 Å². The lowest BCUT2D eigenvalue weighted by Crippen LogP contribution is -2.38. The normalized spacial score (nSPS) is 12.6. The summed E-state index contributed by atoms with van der Waals surface area (Å²) in [5.41, 5.74) is 0.537. The van der Waals surface area contributed by atoms with Crippen LogP contribution in [0.2, 0.25) is 0 Å². The van der Waals surface area contributed by atoms with Crippen molar-refractivity contribution < 1.29 is 4.79 Å². The fraction of sp³-hybridized carbons (Fsp3) is 0.444. The molecule has 0 spiro atoms. The Morgan fingerprint density at radius 1 is 1.40 bits per heavy atom. The minimum atomic E-state index is -0.509. The smallest absolute Gasteiger partial charge is 0.251 e. The van der Waals surface area contributed by atoms with Crippen LogP contribution >= 0.6 is 11.8 Å². The second-order valence-corrected chi connectivity index (χ2v) is 7.80. The molecule has 2 N–H and O–H groups in total. The molecule has 1 atom stereocenters. The summed E-state index contributed by atoms with van der Waals surface area (Å²) in [4.78, 5) is 35.9. The van der Waals surface area contributed by atoms with Crippen LogP contribution in [-0.4, -0.2) is 32.9 Å². The third-order valence-corrected chi connectivity index (χ3v) is 4.29. The topological polar surface area (TPSA) is 87.7 Å². The highest BCUT2D eigenvalue weighted by molar-refractivity contribution is 7.98. The van der Waals surface area contributed by atoms with E-state index >= 15 is 0 Å². The Morgan fingerprint density at radius 3 is 2.76 bits per heavy atom. The summed E-state index contributed by atoms with van der Waals surface area (Å²) in [6, 6.07) is 4.76. The van der Waals surface area contributed by atoms with Gasteiger partial charge in [-0.25, -0.2) is 4.98 Å². The van der Waals surface area contributed by atoms with Crippen molar-refractivity contribution in [3.63, 3.8) is 0 Å². The average Bonchev–Trinajstić information content (AvgIpc) is 2.57. The zero-order chi connectivity index (χ0) is 18.4.